The molecule has 33 heavy (non-hydrogen) atoms. The van der Waals surface area contributed by atoms with E-state index in [2.05, 4.69) is 16.0 Å². The minimum atomic E-state index is -1.44. The van der Waals surface area contributed by atoms with Crippen molar-refractivity contribution in [2.75, 3.05) is 25.2 Å². The van der Waals surface area contributed by atoms with Gasteiger partial charge in [-0.3, -0.25) is 19.2 Å². The Hall–Kier alpha value is -2.42. The van der Waals surface area contributed by atoms with E-state index in [1.165, 1.54) is 11.8 Å². The van der Waals surface area contributed by atoms with Crippen molar-refractivity contribution >= 4 is 41.4 Å². The number of hydrogen-bond donors (Lipinski definition) is 8. The first-order valence-electron chi connectivity index (χ1n) is 10.5. The molecule has 0 aromatic carbocycles. The fraction of sp³-hybridized carbons (Fsp3) is 0.737. The maximum atomic E-state index is 12.6. The average molecular weight is 494 g/mol. The summed E-state index contributed by atoms with van der Waals surface area (Å²) in [5, 5.41) is 34.6. The van der Waals surface area contributed by atoms with Crippen LogP contribution in [0, 0.1) is 0 Å². The summed E-state index contributed by atoms with van der Waals surface area (Å²) in [4.78, 5) is 59.6. The third-order valence-electron chi connectivity index (χ3n) is 4.63. The van der Waals surface area contributed by atoms with Crippen LogP contribution in [0.2, 0.25) is 0 Å². The Morgan fingerprint density at radius 1 is 0.848 bits per heavy atom. The van der Waals surface area contributed by atoms with Gasteiger partial charge >= 0.3 is 11.9 Å². The molecule has 4 atom stereocenters. The molecule has 14 heteroatoms. The van der Waals surface area contributed by atoms with Gasteiger partial charge in [-0.2, -0.15) is 11.8 Å². The molecule has 190 valence electrons. The van der Waals surface area contributed by atoms with Crippen molar-refractivity contribution in [3.8, 4) is 0 Å². The SMILES string of the molecule is CSCCC(NC(=O)C(CCC(=O)O)NC(=O)C(CO)NC(=O)C(N)CCCCN)C(=O)O. The second-order valence-corrected chi connectivity index (χ2v) is 8.29. The van der Waals surface area contributed by atoms with Gasteiger partial charge in [0.05, 0.1) is 12.6 Å². The maximum Gasteiger partial charge on any atom is 0.326 e. The normalized spacial score (nSPS) is 14.4. The predicted octanol–water partition coefficient (Wildman–Crippen LogP) is -2.41. The van der Waals surface area contributed by atoms with Gasteiger partial charge in [0.1, 0.15) is 18.1 Å². The van der Waals surface area contributed by atoms with Crippen LogP contribution in [0.4, 0.5) is 0 Å². The Kier molecular flexibility index (Phi) is 15.9. The topological polar surface area (TPSA) is 234 Å². The number of aliphatic hydroxyl groups is 1. The summed E-state index contributed by atoms with van der Waals surface area (Å²) in [6.07, 6.45) is 2.66. The lowest BCUT2D eigenvalue weighted by molar-refractivity contribution is -0.143. The second kappa shape index (κ2) is 17.1. The molecule has 0 heterocycles. The molecule has 0 radical (unpaired) electrons. The number of amides is 3. The van der Waals surface area contributed by atoms with E-state index in [9.17, 15) is 34.2 Å². The number of rotatable bonds is 18. The molecule has 0 aromatic rings. The van der Waals surface area contributed by atoms with Crippen LogP contribution in [-0.4, -0.2) is 94.3 Å². The van der Waals surface area contributed by atoms with Crippen LogP contribution in [0.5, 0.6) is 0 Å². The van der Waals surface area contributed by atoms with Gasteiger partial charge in [0.25, 0.3) is 0 Å². The van der Waals surface area contributed by atoms with Gasteiger partial charge in [0, 0.05) is 6.42 Å². The molecule has 0 saturated carbocycles. The first-order chi connectivity index (χ1) is 15.6. The molecule has 4 unspecified atom stereocenters. The lowest BCUT2D eigenvalue weighted by atomic mass is 10.1. The van der Waals surface area contributed by atoms with E-state index in [-0.39, 0.29) is 12.8 Å². The van der Waals surface area contributed by atoms with Crippen molar-refractivity contribution in [3.63, 3.8) is 0 Å². The average Bonchev–Trinajstić information content (AvgIpc) is 2.76. The van der Waals surface area contributed by atoms with E-state index in [0.717, 1.165) is 0 Å². The van der Waals surface area contributed by atoms with Gasteiger partial charge in [0.2, 0.25) is 17.7 Å². The van der Waals surface area contributed by atoms with E-state index in [1.807, 2.05) is 0 Å². The third-order valence-corrected chi connectivity index (χ3v) is 5.27. The first-order valence-corrected chi connectivity index (χ1v) is 11.9. The van der Waals surface area contributed by atoms with Gasteiger partial charge in [-0.25, -0.2) is 4.79 Å². The standard InChI is InChI=1S/C19H35N5O8S/c1-33-9-7-13(19(31)32)23-17(29)12(5-6-15(26)27)22-18(30)14(10-25)24-16(28)11(21)4-2-3-8-20/h11-14,25H,2-10,20-21H2,1H3,(H,22,30)(H,23,29)(H,24,28)(H,26,27)(H,31,32). The van der Waals surface area contributed by atoms with Crippen molar-refractivity contribution in [3.05, 3.63) is 0 Å². The summed E-state index contributed by atoms with van der Waals surface area (Å²) < 4.78 is 0. The minimum Gasteiger partial charge on any atom is -0.481 e. The van der Waals surface area contributed by atoms with Gasteiger partial charge in [-0.15, -0.1) is 0 Å². The van der Waals surface area contributed by atoms with E-state index < -0.39 is 66.9 Å². The molecule has 3 amide bonds. The Balaban J connectivity index is 5.21. The van der Waals surface area contributed by atoms with E-state index >= 15 is 0 Å². The molecule has 0 rings (SSSR count). The fourth-order valence-electron chi connectivity index (χ4n) is 2.69. The zero-order valence-electron chi connectivity index (χ0n) is 18.6. The maximum absolute atomic E-state index is 12.6. The first kappa shape index (κ1) is 30.6. The van der Waals surface area contributed by atoms with Crippen LogP contribution in [0.25, 0.3) is 0 Å². The van der Waals surface area contributed by atoms with Gasteiger partial charge < -0.3 is 42.7 Å². The minimum absolute atomic E-state index is 0.124. The van der Waals surface area contributed by atoms with Crippen LogP contribution >= 0.6 is 11.8 Å². The van der Waals surface area contributed by atoms with E-state index in [1.54, 1.807) is 6.26 Å². The highest BCUT2D eigenvalue weighted by atomic mass is 32.2. The molecule has 0 saturated heterocycles. The van der Waals surface area contributed by atoms with Crippen molar-refractivity contribution < 1.29 is 39.3 Å². The molecule has 0 bridgehead atoms. The molecule has 0 aromatic heterocycles. The van der Waals surface area contributed by atoms with Crippen LogP contribution < -0.4 is 27.4 Å². The number of carbonyl (C=O) groups is 5. The molecular formula is C19H35N5O8S. The molecule has 0 aliphatic heterocycles. The molecule has 0 fully saturated rings. The third kappa shape index (κ3) is 13.0. The number of unbranched alkanes of at least 4 members (excludes halogenated alkanes) is 1. The summed E-state index contributed by atoms with van der Waals surface area (Å²) in [6, 6.07) is -5.00. The van der Waals surface area contributed by atoms with Gasteiger partial charge in [-0.1, -0.05) is 6.42 Å². The van der Waals surface area contributed by atoms with E-state index in [4.69, 9.17) is 16.6 Å². The van der Waals surface area contributed by atoms with Crippen molar-refractivity contribution in [1.29, 1.82) is 0 Å². The number of hydrogen-bond acceptors (Lipinski definition) is 9. The van der Waals surface area contributed by atoms with Gasteiger partial charge in [-0.05, 0) is 44.2 Å². The molecule has 0 aliphatic rings. The lowest BCUT2D eigenvalue weighted by Gasteiger charge is -2.24. The summed E-state index contributed by atoms with van der Waals surface area (Å²) in [6.45, 7) is -0.359. The van der Waals surface area contributed by atoms with Crippen molar-refractivity contribution in [2.45, 2.75) is 62.7 Å². The summed E-state index contributed by atoms with van der Waals surface area (Å²) in [5.74, 6) is -4.57. The lowest BCUT2D eigenvalue weighted by Crippen LogP contribution is -2.58. The number of nitrogens with one attached hydrogen (secondary N) is 3. The molecule has 0 spiro atoms. The number of carboxylic acids is 2. The second-order valence-electron chi connectivity index (χ2n) is 7.31. The zero-order chi connectivity index (χ0) is 25.4. The highest BCUT2D eigenvalue weighted by Gasteiger charge is 2.30. The van der Waals surface area contributed by atoms with Crippen LogP contribution in [0.15, 0.2) is 0 Å². The Morgan fingerprint density at radius 2 is 1.42 bits per heavy atom. The number of nitrogens with two attached hydrogens (primary N) is 2. The quantitative estimate of drug-likeness (QED) is 0.0936. The Bertz CT molecular complexity index is 666. The predicted molar refractivity (Wildman–Crippen MR) is 121 cm³/mol. The number of thioether (sulfide) groups is 1. The molecule has 10 N–H and O–H groups in total. The highest BCUT2D eigenvalue weighted by Crippen LogP contribution is 2.05. The highest BCUT2D eigenvalue weighted by molar-refractivity contribution is 7.98. The fourth-order valence-corrected chi connectivity index (χ4v) is 3.16. The van der Waals surface area contributed by atoms with Crippen LogP contribution in [-0.2, 0) is 24.0 Å². The van der Waals surface area contributed by atoms with Crippen LogP contribution in [0.3, 0.4) is 0 Å². The summed E-state index contributed by atoms with van der Waals surface area (Å²) in [5.41, 5.74) is 11.1. The smallest absolute Gasteiger partial charge is 0.326 e. The Morgan fingerprint density at radius 3 is 1.94 bits per heavy atom. The van der Waals surface area contributed by atoms with E-state index in [0.29, 0.717) is 31.6 Å². The summed E-state index contributed by atoms with van der Waals surface area (Å²) in [7, 11) is 0. The summed E-state index contributed by atoms with van der Waals surface area (Å²) >= 11 is 1.38. The number of aliphatic carboxylic acids is 2. The van der Waals surface area contributed by atoms with Gasteiger partial charge in [0.15, 0.2) is 0 Å². The van der Waals surface area contributed by atoms with Crippen LogP contribution in [0.1, 0.15) is 38.5 Å². The van der Waals surface area contributed by atoms with Crippen molar-refractivity contribution in [1.82, 2.24) is 16.0 Å². The largest absolute Gasteiger partial charge is 0.481 e. The molecular weight excluding hydrogens is 458 g/mol. The molecule has 0 aliphatic carbocycles. The molecule has 13 nitrogen and oxygen atoms in total. The zero-order valence-corrected chi connectivity index (χ0v) is 19.4. The Labute approximate surface area is 196 Å². The number of carbonyl (C=O) groups excluding carboxylic acids is 3. The monoisotopic (exact) mass is 493 g/mol. The van der Waals surface area contributed by atoms with Crippen molar-refractivity contribution in [2.24, 2.45) is 11.5 Å². The number of carboxylic acid groups (broad SMARTS) is 2. The number of aliphatic hydroxyl groups excluding tert-OH is 1.